The number of aliphatic hydroxyl groups is 2. The Morgan fingerprint density at radius 2 is 1.42 bits per heavy atom. The molecular formula is C16H17BrO2. The van der Waals surface area contributed by atoms with Crippen LogP contribution in [0, 0.1) is 0 Å². The average Bonchev–Trinajstić information content (AvgIpc) is 2.48. The second-order valence-corrected chi connectivity index (χ2v) is 5.27. The zero-order chi connectivity index (χ0) is 13.7. The Balaban J connectivity index is 2.15. The van der Waals surface area contributed by atoms with Crippen LogP contribution in [0.25, 0.3) is 11.1 Å². The fourth-order valence-corrected chi connectivity index (χ4v) is 2.46. The summed E-state index contributed by atoms with van der Waals surface area (Å²) < 4.78 is 0. The molecule has 100 valence electrons. The highest BCUT2D eigenvalue weighted by Crippen LogP contribution is 2.24. The molecule has 0 aliphatic heterocycles. The van der Waals surface area contributed by atoms with Crippen LogP contribution in [0.15, 0.2) is 54.6 Å². The summed E-state index contributed by atoms with van der Waals surface area (Å²) in [7, 11) is 0. The molecule has 0 aromatic heterocycles. The Hall–Kier alpha value is -1.16. The van der Waals surface area contributed by atoms with Crippen molar-refractivity contribution in [2.45, 2.75) is 18.6 Å². The fourth-order valence-electron chi connectivity index (χ4n) is 2.00. The van der Waals surface area contributed by atoms with Gasteiger partial charge in [-0.2, -0.15) is 0 Å². The summed E-state index contributed by atoms with van der Waals surface area (Å²) in [5.74, 6) is 0. The molecule has 2 atom stereocenters. The highest BCUT2D eigenvalue weighted by Gasteiger charge is 2.17. The number of rotatable bonds is 5. The van der Waals surface area contributed by atoms with Crippen LogP contribution in [-0.4, -0.2) is 21.6 Å². The van der Waals surface area contributed by atoms with Crippen LogP contribution in [-0.2, 0) is 0 Å². The summed E-state index contributed by atoms with van der Waals surface area (Å²) in [4.78, 5) is 0. The van der Waals surface area contributed by atoms with Crippen molar-refractivity contribution in [3.8, 4) is 11.1 Å². The monoisotopic (exact) mass is 320 g/mol. The van der Waals surface area contributed by atoms with Crippen molar-refractivity contribution in [3.63, 3.8) is 0 Å². The van der Waals surface area contributed by atoms with Gasteiger partial charge in [0.1, 0.15) is 6.10 Å². The first kappa shape index (κ1) is 14.3. The lowest BCUT2D eigenvalue weighted by Crippen LogP contribution is -2.18. The molecule has 2 unspecified atom stereocenters. The molecule has 0 spiro atoms. The number of hydrogen-bond donors (Lipinski definition) is 2. The molecule has 2 N–H and O–H groups in total. The largest absolute Gasteiger partial charge is 0.390 e. The molecule has 0 fully saturated rings. The van der Waals surface area contributed by atoms with E-state index in [-0.39, 0.29) is 0 Å². The van der Waals surface area contributed by atoms with E-state index < -0.39 is 12.2 Å². The minimum atomic E-state index is -0.831. The quantitative estimate of drug-likeness (QED) is 0.827. The molecule has 0 bridgehead atoms. The van der Waals surface area contributed by atoms with E-state index in [2.05, 4.69) is 15.9 Å². The summed E-state index contributed by atoms with van der Waals surface area (Å²) in [6.07, 6.45) is -1.04. The third kappa shape index (κ3) is 3.66. The smallest absolute Gasteiger partial charge is 0.105 e. The minimum Gasteiger partial charge on any atom is -0.390 e. The van der Waals surface area contributed by atoms with Crippen LogP contribution < -0.4 is 0 Å². The fraction of sp³-hybridized carbons (Fsp3) is 0.250. The normalized spacial score (nSPS) is 14.1. The van der Waals surface area contributed by atoms with Crippen molar-refractivity contribution in [2.24, 2.45) is 0 Å². The van der Waals surface area contributed by atoms with Gasteiger partial charge in [-0.05, 0) is 23.1 Å². The topological polar surface area (TPSA) is 40.5 Å². The molecular weight excluding hydrogens is 304 g/mol. The lowest BCUT2D eigenvalue weighted by atomic mass is 9.99. The first-order chi connectivity index (χ1) is 9.22. The summed E-state index contributed by atoms with van der Waals surface area (Å²) in [6.45, 7) is 0. The molecule has 0 amide bonds. The predicted octanol–water partition coefficient (Wildman–Crippen LogP) is 3.53. The molecule has 0 aliphatic carbocycles. The van der Waals surface area contributed by atoms with Gasteiger partial charge in [0, 0.05) is 5.33 Å². The van der Waals surface area contributed by atoms with Crippen LogP contribution in [0.2, 0.25) is 0 Å². The summed E-state index contributed by atoms with van der Waals surface area (Å²) in [6, 6.07) is 17.7. The molecule has 2 nitrogen and oxygen atoms in total. The second kappa shape index (κ2) is 6.85. The Morgan fingerprint density at radius 3 is 2.00 bits per heavy atom. The van der Waals surface area contributed by atoms with Gasteiger partial charge >= 0.3 is 0 Å². The number of aliphatic hydroxyl groups excluding tert-OH is 2. The van der Waals surface area contributed by atoms with Crippen molar-refractivity contribution in [2.75, 3.05) is 5.33 Å². The lowest BCUT2D eigenvalue weighted by molar-refractivity contribution is 0.0174. The van der Waals surface area contributed by atoms with Crippen LogP contribution in [0.4, 0.5) is 0 Å². The number of halogens is 1. The van der Waals surface area contributed by atoms with Crippen molar-refractivity contribution < 1.29 is 10.2 Å². The van der Waals surface area contributed by atoms with Crippen molar-refractivity contribution in [3.05, 3.63) is 60.2 Å². The lowest BCUT2D eigenvalue weighted by Gasteiger charge is -2.17. The van der Waals surface area contributed by atoms with Gasteiger partial charge in [-0.3, -0.25) is 0 Å². The number of benzene rings is 2. The van der Waals surface area contributed by atoms with E-state index in [0.717, 1.165) is 16.7 Å². The molecule has 2 aromatic carbocycles. The zero-order valence-corrected chi connectivity index (χ0v) is 12.1. The minimum absolute atomic E-state index is 0.529. The first-order valence-corrected chi connectivity index (χ1v) is 7.42. The van der Waals surface area contributed by atoms with E-state index in [1.165, 1.54) is 0 Å². The van der Waals surface area contributed by atoms with Crippen molar-refractivity contribution in [1.29, 1.82) is 0 Å². The third-order valence-electron chi connectivity index (χ3n) is 3.13. The molecule has 0 saturated carbocycles. The molecule has 0 radical (unpaired) electrons. The van der Waals surface area contributed by atoms with Crippen LogP contribution in [0.3, 0.4) is 0 Å². The van der Waals surface area contributed by atoms with E-state index in [9.17, 15) is 10.2 Å². The molecule has 2 rings (SSSR count). The maximum atomic E-state index is 10.0. The summed E-state index contributed by atoms with van der Waals surface area (Å²) in [5.41, 5.74) is 2.99. The van der Waals surface area contributed by atoms with Gasteiger partial charge in [0.15, 0.2) is 0 Å². The molecule has 0 aliphatic rings. The maximum absolute atomic E-state index is 10.0. The molecule has 2 aromatic rings. The van der Waals surface area contributed by atoms with Crippen molar-refractivity contribution >= 4 is 15.9 Å². The van der Waals surface area contributed by atoms with Gasteiger partial charge in [0.05, 0.1) is 6.10 Å². The Labute approximate surface area is 121 Å². The van der Waals surface area contributed by atoms with Crippen LogP contribution >= 0.6 is 15.9 Å². The van der Waals surface area contributed by atoms with E-state index in [4.69, 9.17) is 0 Å². The van der Waals surface area contributed by atoms with E-state index in [1.807, 2.05) is 54.6 Å². The molecule has 0 saturated heterocycles. The van der Waals surface area contributed by atoms with E-state index in [0.29, 0.717) is 11.8 Å². The van der Waals surface area contributed by atoms with Gasteiger partial charge in [0.2, 0.25) is 0 Å². The predicted molar refractivity (Wildman–Crippen MR) is 81.3 cm³/mol. The Bertz CT molecular complexity index is 496. The molecule has 3 heteroatoms. The van der Waals surface area contributed by atoms with Gasteiger partial charge in [-0.1, -0.05) is 70.5 Å². The zero-order valence-electron chi connectivity index (χ0n) is 10.5. The summed E-state index contributed by atoms with van der Waals surface area (Å²) in [5, 5.41) is 20.5. The number of alkyl halides is 1. The van der Waals surface area contributed by atoms with Gasteiger partial charge in [0.25, 0.3) is 0 Å². The van der Waals surface area contributed by atoms with Crippen LogP contribution in [0.1, 0.15) is 18.1 Å². The SMILES string of the molecule is OC(CCBr)C(O)c1ccc(-c2ccccc2)cc1. The number of hydrogen-bond acceptors (Lipinski definition) is 2. The molecule has 19 heavy (non-hydrogen) atoms. The highest BCUT2D eigenvalue weighted by atomic mass is 79.9. The van der Waals surface area contributed by atoms with E-state index in [1.54, 1.807) is 0 Å². The van der Waals surface area contributed by atoms with E-state index >= 15 is 0 Å². The van der Waals surface area contributed by atoms with Crippen LogP contribution in [0.5, 0.6) is 0 Å². The molecule has 0 heterocycles. The maximum Gasteiger partial charge on any atom is 0.105 e. The van der Waals surface area contributed by atoms with Gasteiger partial charge in [-0.25, -0.2) is 0 Å². The van der Waals surface area contributed by atoms with Gasteiger partial charge < -0.3 is 10.2 Å². The van der Waals surface area contributed by atoms with Gasteiger partial charge in [-0.15, -0.1) is 0 Å². The summed E-state index contributed by atoms with van der Waals surface area (Å²) >= 11 is 3.26. The Kier molecular flexibility index (Phi) is 5.14. The average molecular weight is 321 g/mol. The highest BCUT2D eigenvalue weighted by molar-refractivity contribution is 9.09. The first-order valence-electron chi connectivity index (χ1n) is 6.30. The standard InChI is InChI=1S/C16H17BrO2/c17-11-10-15(18)16(19)14-8-6-13(7-9-14)12-4-2-1-3-5-12/h1-9,15-16,18-19H,10-11H2. The Morgan fingerprint density at radius 1 is 0.842 bits per heavy atom. The second-order valence-electron chi connectivity index (χ2n) is 4.48. The third-order valence-corrected chi connectivity index (χ3v) is 3.59. The van der Waals surface area contributed by atoms with Crippen molar-refractivity contribution in [1.82, 2.24) is 0 Å².